The number of hydrogen-bond donors (Lipinski definition) is 1. The summed E-state index contributed by atoms with van der Waals surface area (Å²) in [6.07, 6.45) is 3.55. The van der Waals surface area contributed by atoms with E-state index in [-0.39, 0.29) is 6.10 Å². The molecule has 24 heavy (non-hydrogen) atoms. The van der Waals surface area contributed by atoms with Crippen LogP contribution in [0.25, 0.3) is 0 Å². The number of rotatable bonds is 5. The van der Waals surface area contributed by atoms with Gasteiger partial charge >= 0.3 is 0 Å². The molecule has 2 aliphatic heterocycles. The second-order valence-corrected chi connectivity index (χ2v) is 7.32. The van der Waals surface area contributed by atoms with E-state index in [1.165, 1.54) is 5.56 Å². The summed E-state index contributed by atoms with van der Waals surface area (Å²) in [5.74, 6) is 2.30. The van der Waals surface area contributed by atoms with Crippen LogP contribution in [0, 0.1) is 5.92 Å². The van der Waals surface area contributed by atoms with Crippen LogP contribution in [0.15, 0.2) is 18.2 Å². The monoisotopic (exact) mass is 333 g/mol. The van der Waals surface area contributed by atoms with Crippen LogP contribution in [0.5, 0.6) is 11.5 Å². The van der Waals surface area contributed by atoms with Crippen LogP contribution >= 0.6 is 0 Å². The predicted molar refractivity (Wildman–Crippen MR) is 96.7 cm³/mol. The zero-order valence-electron chi connectivity index (χ0n) is 15.2. The molecular formula is C19H31N3O2. The Bertz CT molecular complexity index is 543. The first-order valence-electron chi connectivity index (χ1n) is 9.04. The second-order valence-electron chi connectivity index (χ2n) is 7.32. The maximum atomic E-state index is 6.23. The average molecular weight is 333 g/mol. The van der Waals surface area contributed by atoms with Crippen LogP contribution in [0.1, 0.15) is 30.9 Å². The van der Waals surface area contributed by atoms with Crippen molar-refractivity contribution in [1.29, 1.82) is 0 Å². The largest absolute Gasteiger partial charge is 0.493 e. The minimum atomic E-state index is 0.289. The molecule has 2 fully saturated rings. The highest BCUT2D eigenvalue weighted by atomic mass is 16.5. The highest BCUT2D eigenvalue weighted by molar-refractivity contribution is 5.44. The summed E-state index contributed by atoms with van der Waals surface area (Å²) in [7, 11) is 6.07. The molecule has 1 aromatic rings. The van der Waals surface area contributed by atoms with Crippen LogP contribution in [0.2, 0.25) is 0 Å². The fourth-order valence-corrected chi connectivity index (χ4v) is 3.94. The summed E-state index contributed by atoms with van der Waals surface area (Å²) >= 11 is 0. The van der Waals surface area contributed by atoms with Gasteiger partial charge in [-0.1, -0.05) is 6.07 Å². The van der Waals surface area contributed by atoms with Crippen LogP contribution in [0.3, 0.4) is 0 Å². The first kappa shape index (κ1) is 17.5. The topological polar surface area (TPSA) is 51.0 Å². The first-order valence-corrected chi connectivity index (χ1v) is 9.04. The van der Waals surface area contributed by atoms with Gasteiger partial charge in [-0.05, 0) is 63.5 Å². The van der Waals surface area contributed by atoms with E-state index in [1.54, 1.807) is 7.11 Å². The van der Waals surface area contributed by atoms with Crippen molar-refractivity contribution in [3.63, 3.8) is 0 Å². The number of hydrogen-bond acceptors (Lipinski definition) is 5. The minimum Gasteiger partial charge on any atom is -0.493 e. The van der Waals surface area contributed by atoms with Crippen molar-refractivity contribution in [3.05, 3.63) is 23.8 Å². The van der Waals surface area contributed by atoms with Crippen LogP contribution < -0.4 is 15.2 Å². The number of nitrogens with two attached hydrogens (primary N) is 1. The van der Waals surface area contributed by atoms with Gasteiger partial charge in [-0.25, -0.2) is 0 Å². The Labute approximate surface area is 145 Å². The van der Waals surface area contributed by atoms with E-state index in [0.717, 1.165) is 56.9 Å². The van der Waals surface area contributed by atoms with Gasteiger partial charge in [0.05, 0.1) is 7.11 Å². The molecule has 134 valence electrons. The Hall–Kier alpha value is -1.30. The third-order valence-electron chi connectivity index (χ3n) is 5.50. The molecule has 0 spiro atoms. The predicted octanol–water partition coefficient (Wildman–Crippen LogP) is 2.12. The molecule has 0 saturated carbocycles. The van der Waals surface area contributed by atoms with E-state index in [1.807, 2.05) is 0 Å². The molecule has 3 rings (SSSR count). The average Bonchev–Trinajstić information content (AvgIpc) is 2.98. The number of ether oxygens (including phenoxy) is 2. The van der Waals surface area contributed by atoms with Crippen molar-refractivity contribution in [3.8, 4) is 11.5 Å². The van der Waals surface area contributed by atoms with Crippen LogP contribution in [0.4, 0.5) is 0 Å². The standard InChI is InChI=1S/C19H31N3O2/c1-21-8-6-16(7-9-21)24-18-5-4-15(11-19(18)23-3)17-10-14(12-20)13-22(17)2/h4-5,11,14,16-17H,6-10,12-13,20H2,1-3H3. The van der Waals surface area contributed by atoms with Crippen molar-refractivity contribution in [2.45, 2.75) is 31.4 Å². The maximum Gasteiger partial charge on any atom is 0.161 e. The smallest absolute Gasteiger partial charge is 0.161 e. The molecule has 2 heterocycles. The Morgan fingerprint density at radius 2 is 1.92 bits per heavy atom. The molecular weight excluding hydrogens is 302 g/mol. The van der Waals surface area contributed by atoms with Gasteiger partial charge in [0, 0.05) is 25.7 Å². The summed E-state index contributed by atoms with van der Waals surface area (Å²) in [6, 6.07) is 6.83. The van der Waals surface area contributed by atoms with Gasteiger partial charge in [0.1, 0.15) is 6.10 Å². The molecule has 2 saturated heterocycles. The Morgan fingerprint density at radius 3 is 2.54 bits per heavy atom. The van der Waals surface area contributed by atoms with Gasteiger partial charge < -0.3 is 20.1 Å². The van der Waals surface area contributed by atoms with Gasteiger partial charge in [-0.3, -0.25) is 4.90 Å². The summed E-state index contributed by atoms with van der Waals surface area (Å²) in [5.41, 5.74) is 7.15. The van der Waals surface area contributed by atoms with Gasteiger partial charge in [-0.15, -0.1) is 0 Å². The highest BCUT2D eigenvalue weighted by Crippen LogP contribution is 2.38. The molecule has 2 unspecified atom stereocenters. The molecule has 2 N–H and O–H groups in total. The fourth-order valence-electron chi connectivity index (χ4n) is 3.94. The SMILES string of the molecule is COc1cc(C2CC(CN)CN2C)ccc1OC1CCN(C)CC1. The minimum absolute atomic E-state index is 0.289. The van der Waals surface area contributed by atoms with E-state index < -0.39 is 0 Å². The molecule has 2 atom stereocenters. The van der Waals surface area contributed by atoms with Gasteiger partial charge in [0.25, 0.3) is 0 Å². The lowest BCUT2D eigenvalue weighted by molar-refractivity contribution is 0.111. The molecule has 0 aliphatic carbocycles. The Kier molecular flexibility index (Phi) is 5.64. The lowest BCUT2D eigenvalue weighted by atomic mass is 9.99. The number of benzene rings is 1. The van der Waals surface area contributed by atoms with E-state index in [0.29, 0.717) is 12.0 Å². The van der Waals surface area contributed by atoms with Crippen LogP contribution in [-0.2, 0) is 0 Å². The Balaban J connectivity index is 1.71. The second kappa shape index (κ2) is 7.72. The third-order valence-corrected chi connectivity index (χ3v) is 5.50. The van der Waals surface area contributed by atoms with Crippen molar-refractivity contribution >= 4 is 0 Å². The lowest BCUT2D eigenvalue weighted by Crippen LogP contribution is -2.35. The third kappa shape index (κ3) is 3.85. The summed E-state index contributed by atoms with van der Waals surface area (Å²) in [6.45, 7) is 4.02. The van der Waals surface area contributed by atoms with Crippen molar-refractivity contribution in [1.82, 2.24) is 9.80 Å². The van der Waals surface area contributed by atoms with Gasteiger partial charge in [-0.2, -0.15) is 0 Å². The molecule has 0 bridgehead atoms. The number of piperidine rings is 1. The lowest BCUT2D eigenvalue weighted by Gasteiger charge is -2.30. The zero-order chi connectivity index (χ0) is 17.1. The summed E-state index contributed by atoms with van der Waals surface area (Å²) in [4.78, 5) is 4.74. The highest BCUT2D eigenvalue weighted by Gasteiger charge is 2.30. The normalized spacial score (nSPS) is 26.7. The van der Waals surface area contributed by atoms with Gasteiger partial charge in [0.15, 0.2) is 11.5 Å². The quantitative estimate of drug-likeness (QED) is 0.894. The zero-order valence-corrected chi connectivity index (χ0v) is 15.2. The van der Waals surface area contributed by atoms with E-state index in [4.69, 9.17) is 15.2 Å². The number of methoxy groups -OCH3 is 1. The van der Waals surface area contributed by atoms with E-state index in [2.05, 4.69) is 42.1 Å². The molecule has 5 nitrogen and oxygen atoms in total. The van der Waals surface area contributed by atoms with Crippen molar-refractivity contribution in [2.24, 2.45) is 11.7 Å². The molecule has 0 amide bonds. The Morgan fingerprint density at radius 1 is 1.17 bits per heavy atom. The molecule has 5 heteroatoms. The molecule has 2 aliphatic rings. The number of likely N-dealkylation sites (tertiary alicyclic amines) is 2. The fraction of sp³-hybridized carbons (Fsp3) is 0.684. The molecule has 0 aromatic heterocycles. The summed E-state index contributed by atoms with van der Waals surface area (Å²) < 4.78 is 11.8. The van der Waals surface area contributed by atoms with Gasteiger partial charge in [0.2, 0.25) is 0 Å². The molecule has 0 radical (unpaired) electrons. The maximum absolute atomic E-state index is 6.23. The van der Waals surface area contributed by atoms with Crippen molar-refractivity contribution in [2.75, 3.05) is 47.4 Å². The van der Waals surface area contributed by atoms with Crippen molar-refractivity contribution < 1.29 is 9.47 Å². The number of nitrogens with zero attached hydrogens (tertiary/aromatic N) is 2. The summed E-state index contributed by atoms with van der Waals surface area (Å²) in [5, 5.41) is 0. The van der Waals surface area contributed by atoms with E-state index in [9.17, 15) is 0 Å². The molecule has 1 aromatic carbocycles. The van der Waals surface area contributed by atoms with E-state index >= 15 is 0 Å². The first-order chi connectivity index (χ1) is 11.6. The van der Waals surface area contributed by atoms with Crippen LogP contribution in [-0.4, -0.2) is 63.3 Å².